The van der Waals surface area contributed by atoms with E-state index in [0.717, 1.165) is 11.3 Å². The lowest BCUT2D eigenvalue weighted by Crippen LogP contribution is -2.63. The number of carbonyl (C=O) groups is 3. The van der Waals surface area contributed by atoms with Gasteiger partial charge in [0.05, 0.1) is 6.54 Å². The molecule has 8 nitrogen and oxygen atoms in total. The second-order valence-corrected chi connectivity index (χ2v) is 4.29. The normalized spacial score (nSPS) is 18.6. The van der Waals surface area contributed by atoms with Crippen molar-refractivity contribution >= 4 is 17.8 Å². The molecule has 0 atom stereocenters. The first kappa shape index (κ1) is 13.2. The van der Waals surface area contributed by atoms with E-state index in [4.69, 9.17) is 0 Å². The van der Waals surface area contributed by atoms with Crippen LogP contribution >= 0.6 is 0 Å². The van der Waals surface area contributed by atoms with Gasteiger partial charge in [0, 0.05) is 0 Å². The summed E-state index contributed by atoms with van der Waals surface area (Å²) < 4.78 is 4.55. The molecule has 1 saturated heterocycles. The number of nitrogens with one attached hydrogen (secondary N) is 1. The first-order chi connectivity index (χ1) is 9.05. The van der Waals surface area contributed by atoms with Crippen LogP contribution in [-0.4, -0.2) is 32.9 Å². The van der Waals surface area contributed by atoms with E-state index in [0.29, 0.717) is 12.8 Å². The summed E-state index contributed by atoms with van der Waals surface area (Å²) in [5.41, 5.74) is -1.20. The third-order valence-electron chi connectivity index (χ3n) is 3.47. The maximum Gasteiger partial charge on any atom is 0.331 e. The van der Waals surface area contributed by atoms with E-state index >= 15 is 0 Å². The largest absolute Gasteiger partial charge is 0.343 e. The van der Waals surface area contributed by atoms with Gasteiger partial charge in [-0.25, -0.2) is 4.79 Å². The summed E-state index contributed by atoms with van der Waals surface area (Å²) in [5, 5.41) is 5.76. The van der Waals surface area contributed by atoms with E-state index in [1.165, 1.54) is 0 Å². The first-order valence-corrected chi connectivity index (χ1v) is 5.97. The number of rotatable bonds is 4. The summed E-state index contributed by atoms with van der Waals surface area (Å²) >= 11 is 0. The topological polar surface area (TPSA) is 105 Å². The lowest BCUT2D eigenvalue weighted by molar-refractivity contribution is -0.152. The number of nitrogens with zero attached hydrogens (tertiary/aromatic N) is 3. The van der Waals surface area contributed by atoms with Gasteiger partial charge in [-0.05, 0) is 12.8 Å². The quantitative estimate of drug-likeness (QED) is 0.793. The lowest BCUT2D eigenvalue weighted by Gasteiger charge is -2.37. The van der Waals surface area contributed by atoms with E-state index in [9.17, 15) is 14.4 Å². The highest BCUT2D eigenvalue weighted by Gasteiger charge is 2.51. The molecular weight excluding hydrogens is 252 g/mol. The Bertz CT molecular complexity index is 507. The molecule has 0 spiro atoms. The third-order valence-corrected chi connectivity index (χ3v) is 3.47. The van der Waals surface area contributed by atoms with Gasteiger partial charge in [-0.2, -0.15) is 4.98 Å². The van der Waals surface area contributed by atoms with Crippen molar-refractivity contribution in [3.63, 3.8) is 0 Å². The zero-order valence-electron chi connectivity index (χ0n) is 10.7. The number of aromatic nitrogens is 2. The van der Waals surface area contributed by atoms with Crippen molar-refractivity contribution in [3.8, 4) is 0 Å². The lowest BCUT2D eigenvalue weighted by atomic mass is 9.78. The molecule has 0 bridgehead atoms. The van der Waals surface area contributed by atoms with Crippen molar-refractivity contribution < 1.29 is 18.9 Å². The molecule has 2 heterocycles. The van der Waals surface area contributed by atoms with Crippen LogP contribution < -0.4 is 5.32 Å². The summed E-state index contributed by atoms with van der Waals surface area (Å²) in [6.07, 6.45) is 1.76. The minimum atomic E-state index is -1.20. The first-order valence-electron chi connectivity index (χ1n) is 5.97. The van der Waals surface area contributed by atoms with Crippen molar-refractivity contribution in [2.45, 2.75) is 33.2 Å². The molecule has 1 aliphatic heterocycles. The fourth-order valence-electron chi connectivity index (χ4n) is 2.15. The van der Waals surface area contributed by atoms with Gasteiger partial charge in [-0.3, -0.25) is 19.8 Å². The summed E-state index contributed by atoms with van der Waals surface area (Å²) in [7, 11) is 0. The average molecular weight is 266 g/mol. The molecule has 0 saturated carbocycles. The Balaban J connectivity index is 2.30. The highest BCUT2D eigenvalue weighted by Crippen LogP contribution is 2.32. The molecule has 1 aliphatic rings. The van der Waals surface area contributed by atoms with Crippen LogP contribution in [0.2, 0.25) is 0 Å². The van der Waals surface area contributed by atoms with Crippen molar-refractivity contribution in [3.05, 3.63) is 12.2 Å². The van der Waals surface area contributed by atoms with Crippen LogP contribution in [0.15, 0.2) is 10.9 Å². The molecule has 0 radical (unpaired) electrons. The number of imide groups is 2. The molecule has 102 valence electrons. The van der Waals surface area contributed by atoms with Crippen molar-refractivity contribution in [1.29, 1.82) is 0 Å². The SMILES string of the molecule is CCC1(CC)C(=O)NC(=O)N(Cc2ncon2)C1=O. The van der Waals surface area contributed by atoms with Crippen molar-refractivity contribution in [2.75, 3.05) is 0 Å². The van der Waals surface area contributed by atoms with Crippen LogP contribution in [0, 0.1) is 5.41 Å². The van der Waals surface area contributed by atoms with Crippen LogP contribution in [-0.2, 0) is 16.1 Å². The molecule has 0 unspecified atom stereocenters. The standard InChI is InChI=1S/C11H14N4O4/c1-3-11(4-2)8(16)13-10(18)15(9(11)17)5-7-12-6-19-14-7/h6H,3-5H2,1-2H3,(H,13,16,18). The Morgan fingerprint density at radius 1 is 1.32 bits per heavy atom. The maximum absolute atomic E-state index is 12.4. The Kier molecular flexibility index (Phi) is 3.32. The number of urea groups is 1. The number of carbonyl (C=O) groups excluding carboxylic acids is 3. The summed E-state index contributed by atoms with van der Waals surface area (Å²) in [6, 6.07) is -0.752. The smallest absolute Gasteiger partial charge is 0.331 e. The highest BCUT2D eigenvalue weighted by atomic mass is 16.5. The zero-order valence-corrected chi connectivity index (χ0v) is 10.7. The molecule has 1 N–H and O–H groups in total. The van der Waals surface area contributed by atoms with Crippen LogP contribution in [0.1, 0.15) is 32.5 Å². The molecule has 2 rings (SSSR count). The summed E-state index contributed by atoms with van der Waals surface area (Å²) in [4.78, 5) is 40.8. The fraction of sp³-hybridized carbons (Fsp3) is 0.545. The molecule has 19 heavy (non-hydrogen) atoms. The Morgan fingerprint density at radius 2 is 2.00 bits per heavy atom. The van der Waals surface area contributed by atoms with Crippen LogP contribution in [0.3, 0.4) is 0 Å². The molecule has 1 aromatic heterocycles. The molecule has 0 aromatic carbocycles. The van der Waals surface area contributed by atoms with E-state index < -0.39 is 23.3 Å². The molecular formula is C11H14N4O4. The van der Waals surface area contributed by atoms with Gasteiger partial charge in [-0.1, -0.05) is 19.0 Å². The molecule has 1 aromatic rings. The van der Waals surface area contributed by atoms with E-state index in [1.54, 1.807) is 13.8 Å². The number of hydrogen-bond donors (Lipinski definition) is 1. The predicted molar refractivity (Wildman–Crippen MR) is 61.4 cm³/mol. The predicted octanol–water partition coefficient (Wildman–Crippen LogP) is 0.454. The van der Waals surface area contributed by atoms with Crippen LogP contribution in [0.5, 0.6) is 0 Å². The van der Waals surface area contributed by atoms with Gasteiger partial charge < -0.3 is 4.52 Å². The second-order valence-electron chi connectivity index (χ2n) is 4.29. The molecule has 4 amide bonds. The summed E-state index contributed by atoms with van der Waals surface area (Å²) in [5.74, 6) is -0.855. The van der Waals surface area contributed by atoms with Gasteiger partial charge >= 0.3 is 6.03 Å². The van der Waals surface area contributed by atoms with Gasteiger partial charge in [0.15, 0.2) is 5.82 Å². The van der Waals surface area contributed by atoms with Gasteiger partial charge in [-0.15, -0.1) is 0 Å². The molecule has 0 aliphatic carbocycles. The fourth-order valence-corrected chi connectivity index (χ4v) is 2.15. The van der Waals surface area contributed by atoms with Crippen LogP contribution in [0.25, 0.3) is 0 Å². The number of hydrogen-bond acceptors (Lipinski definition) is 6. The Labute approximate surface area is 109 Å². The van der Waals surface area contributed by atoms with E-state index in [-0.39, 0.29) is 12.4 Å². The van der Waals surface area contributed by atoms with Gasteiger partial charge in [0.25, 0.3) is 0 Å². The molecule has 1 fully saturated rings. The van der Waals surface area contributed by atoms with E-state index in [2.05, 4.69) is 20.0 Å². The molecule has 8 heteroatoms. The van der Waals surface area contributed by atoms with Gasteiger partial charge in [0.1, 0.15) is 5.41 Å². The highest BCUT2D eigenvalue weighted by molar-refractivity contribution is 6.18. The average Bonchev–Trinajstić information content (AvgIpc) is 2.89. The van der Waals surface area contributed by atoms with E-state index in [1.807, 2.05) is 0 Å². The Morgan fingerprint density at radius 3 is 2.53 bits per heavy atom. The Hall–Kier alpha value is -2.25. The minimum absolute atomic E-state index is 0.115. The van der Waals surface area contributed by atoms with Crippen LogP contribution in [0.4, 0.5) is 4.79 Å². The zero-order chi connectivity index (χ0) is 14.0. The minimum Gasteiger partial charge on any atom is -0.343 e. The monoisotopic (exact) mass is 266 g/mol. The summed E-state index contributed by atoms with van der Waals surface area (Å²) in [6.45, 7) is 3.36. The maximum atomic E-state index is 12.4. The van der Waals surface area contributed by atoms with Crippen molar-refractivity contribution in [1.82, 2.24) is 20.4 Å². The second kappa shape index (κ2) is 4.79. The number of amides is 4. The van der Waals surface area contributed by atoms with Crippen molar-refractivity contribution in [2.24, 2.45) is 5.41 Å². The number of barbiturate groups is 1. The van der Waals surface area contributed by atoms with Gasteiger partial charge in [0.2, 0.25) is 18.2 Å². The third kappa shape index (κ3) is 1.98.